The van der Waals surface area contributed by atoms with Gasteiger partial charge in [0.1, 0.15) is 5.25 Å². The number of hydrogen-bond donors (Lipinski definition) is 1. The average Bonchev–Trinajstić information content (AvgIpc) is 2.88. The van der Waals surface area contributed by atoms with Gasteiger partial charge in [-0.25, -0.2) is 13.4 Å². The Balaban J connectivity index is 1.78. The number of ether oxygens (including phenoxy) is 1. The first-order valence-electron chi connectivity index (χ1n) is 8.21. The molecule has 1 N–H and O–H groups in total. The summed E-state index contributed by atoms with van der Waals surface area (Å²) in [5.41, 5.74) is 1.96. The maximum atomic E-state index is 12.6. The first-order valence-corrected chi connectivity index (χ1v) is 9.82. The quantitative estimate of drug-likeness (QED) is 0.872. The minimum Gasteiger partial charge on any atom is -0.381 e. The zero-order valence-electron chi connectivity index (χ0n) is 14.5. The van der Waals surface area contributed by atoms with Crippen molar-refractivity contribution in [2.24, 2.45) is 7.05 Å². The predicted molar refractivity (Wildman–Crippen MR) is 94.1 cm³/mol. The van der Waals surface area contributed by atoms with Gasteiger partial charge in [0.15, 0.2) is 15.5 Å². The Labute approximate surface area is 146 Å². The SMILES string of the molecule is Cc1nn(C)c2ncc(NC(=O)C(C)S(=O)(=O)C3CCOCC3)cc12. The molecule has 0 aromatic carbocycles. The number of nitrogens with one attached hydrogen (secondary N) is 1. The largest absolute Gasteiger partial charge is 0.381 e. The maximum Gasteiger partial charge on any atom is 0.242 e. The fourth-order valence-electron chi connectivity index (χ4n) is 3.06. The molecule has 1 aliphatic heterocycles. The number of anilines is 1. The average molecular weight is 366 g/mol. The molecular formula is C16H22N4O4S. The molecule has 25 heavy (non-hydrogen) atoms. The number of aromatic nitrogens is 3. The first kappa shape index (κ1) is 17.8. The fourth-order valence-corrected chi connectivity index (χ4v) is 4.85. The second kappa shape index (κ2) is 6.72. The van der Waals surface area contributed by atoms with Crippen molar-refractivity contribution < 1.29 is 17.9 Å². The van der Waals surface area contributed by atoms with Crippen molar-refractivity contribution in [2.75, 3.05) is 18.5 Å². The van der Waals surface area contributed by atoms with Gasteiger partial charge in [-0.05, 0) is 32.8 Å². The van der Waals surface area contributed by atoms with Crippen LogP contribution in [0, 0.1) is 6.92 Å². The fraction of sp³-hybridized carbons (Fsp3) is 0.562. The molecule has 0 saturated carbocycles. The lowest BCUT2D eigenvalue weighted by molar-refractivity contribution is -0.115. The van der Waals surface area contributed by atoms with Crippen molar-refractivity contribution >= 4 is 32.5 Å². The molecule has 1 saturated heterocycles. The van der Waals surface area contributed by atoms with Crippen LogP contribution in [0.3, 0.4) is 0 Å². The lowest BCUT2D eigenvalue weighted by Crippen LogP contribution is -2.41. The Bertz CT molecular complexity index is 900. The molecule has 1 fully saturated rings. The number of rotatable bonds is 4. The smallest absolute Gasteiger partial charge is 0.242 e. The number of hydrogen-bond acceptors (Lipinski definition) is 6. The summed E-state index contributed by atoms with van der Waals surface area (Å²) in [7, 11) is -1.76. The molecule has 3 heterocycles. The Morgan fingerprint density at radius 3 is 2.76 bits per heavy atom. The number of fused-ring (bicyclic) bond motifs is 1. The second-order valence-corrected chi connectivity index (χ2v) is 8.89. The summed E-state index contributed by atoms with van der Waals surface area (Å²) < 4.78 is 32.1. The highest BCUT2D eigenvalue weighted by Gasteiger charge is 2.36. The van der Waals surface area contributed by atoms with Gasteiger partial charge in [0.25, 0.3) is 0 Å². The minimum absolute atomic E-state index is 0.416. The van der Waals surface area contributed by atoms with Gasteiger partial charge in [-0.2, -0.15) is 5.10 Å². The van der Waals surface area contributed by atoms with E-state index in [1.807, 2.05) is 6.92 Å². The molecule has 0 bridgehead atoms. The van der Waals surface area contributed by atoms with Crippen LogP contribution in [0.2, 0.25) is 0 Å². The summed E-state index contributed by atoms with van der Waals surface area (Å²) in [5, 5.41) is 6.12. The van der Waals surface area contributed by atoms with Gasteiger partial charge >= 0.3 is 0 Å². The normalized spacial score (nSPS) is 17.6. The number of nitrogens with zero attached hydrogens (tertiary/aromatic N) is 3. The Morgan fingerprint density at radius 2 is 2.08 bits per heavy atom. The number of sulfone groups is 1. The minimum atomic E-state index is -3.56. The van der Waals surface area contributed by atoms with Gasteiger partial charge in [0.2, 0.25) is 5.91 Å². The monoisotopic (exact) mass is 366 g/mol. The maximum absolute atomic E-state index is 12.6. The Hall–Kier alpha value is -2.00. The van der Waals surface area contributed by atoms with Gasteiger partial charge < -0.3 is 10.1 Å². The van der Waals surface area contributed by atoms with Crippen molar-refractivity contribution in [3.05, 3.63) is 18.0 Å². The van der Waals surface area contributed by atoms with Crippen molar-refractivity contribution in [1.82, 2.24) is 14.8 Å². The number of carbonyl (C=O) groups excluding carboxylic acids is 1. The molecule has 1 unspecified atom stereocenters. The highest BCUT2D eigenvalue weighted by atomic mass is 32.2. The first-order chi connectivity index (χ1) is 11.8. The third-order valence-electron chi connectivity index (χ3n) is 4.63. The lowest BCUT2D eigenvalue weighted by atomic mass is 10.2. The molecule has 0 radical (unpaired) electrons. The van der Waals surface area contributed by atoms with E-state index >= 15 is 0 Å². The zero-order chi connectivity index (χ0) is 18.2. The summed E-state index contributed by atoms with van der Waals surface area (Å²) in [4.78, 5) is 16.7. The van der Waals surface area contributed by atoms with Gasteiger partial charge in [-0.3, -0.25) is 9.48 Å². The summed E-state index contributed by atoms with van der Waals surface area (Å²) in [6.07, 6.45) is 2.37. The Kier molecular flexibility index (Phi) is 4.79. The zero-order valence-corrected chi connectivity index (χ0v) is 15.3. The van der Waals surface area contributed by atoms with E-state index in [1.165, 1.54) is 13.1 Å². The lowest BCUT2D eigenvalue weighted by Gasteiger charge is -2.25. The van der Waals surface area contributed by atoms with Crippen molar-refractivity contribution in [2.45, 2.75) is 37.2 Å². The van der Waals surface area contributed by atoms with Crippen LogP contribution in [0.5, 0.6) is 0 Å². The van der Waals surface area contributed by atoms with Crippen LogP contribution in [0.1, 0.15) is 25.5 Å². The van der Waals surface area contributed by atoms with E-state index in [0.29, 0.717) is 37.4 Å². The number of carbonyl (C=O) groups is 1. The predicted octanol–water partition coefficient (Wildman–Crippen LogP) is 1.20. The van der Waals surface area contributed by atoms with Gasteiger partial charge in [-0.1, -0.05) is 0 Å². The highest BCUT2D eigenvalue weighted by molar-refractivity contribution is 7.93. The molecule has 1 amide bonds. The van der Waals surface area contributed by atoms with Crippen LogP contribution in [0.4, 0.5) is 5.69 Å². The van der Waals surface area contributed by atoms with Gasteiger partial charge in [0.05, 0.1) is 22.8 Å². The van der Waals surface area contributed by atoms with Crippen LogP contribution in [0.15, 0.2) is 12.3 Å². The van der Waals surface area contributed by atoms with E-state index in [0.717, 1.165) is 11.1 Å². The van der Waals surface area contributed by atoms with E-state index in [4.69, 9.17) is 4.74 Å². The van der Waals surface area contributed by atoms with Crippen LogP contribution in [-0.4, -0.2) is 52.8 Å². The van der Waals surface area contributed by atoms with E-state index in [1.54, 1.807) is 17.8 Å². The van der Waals surface area contributed by atoms with E-state index in [-0.39, 0.29) is 0 Å². The van der Waals surface area contributed by atoms with Crippen LogP contribution >= 0.6 is 0 Å². The van der Waals surface area contributed by atoms with Gasteiger partial charge in [0, 0.05) is 25.6 Å². The van der Waals surface area contributed by atoms with E-state index in [2.05, 4.69) is 15.4 Å². The van der Waals surface area contributed by atoms with Crippen LogP contribution in [0.25, 0.3) is 11.0 Å². The topological polar surface area (TPSA) is 103 Å². The molecule has 9 heteroatoms. The molecule has 0 spiro atoms. The standard InChI is InChI=1S/C16H22N4O4S/c1-10-14-8-12(9-17-15(14)20(3)19-10)18-16(21)11(2)25(22,23)13-4-6-24-7-5-13/h8-9,11,13H,4-7H2,1-3H3,(H,18,21). The van der Waals surface area contributed by atoms with Crippen LogP contribution in [-0.2, 0) is 26.4 Å². The third-order valence-corrected chi connectivity index (χ3v) is 7.23. The third kappa shape index (κ3) is 3.38. The summed E-state index contributed by atoms with van der Waals surface area (Å²) in [6.45, 7) is 4.12. The molecule has 2 aromatic heterocycles. The number of pyridine rings is 1. The summed E-state index contributed by atoms with van der Waals surface area (Å²) >= 11 is 0. The van der Waals surface area contributed by atoms with Gasteiger partial charge in [-0.15, -0.1) is 0 Å². The molecule has 3 rings (SSSR count). The highest BCUT2D eigenvalue weighted by Crippen LogP contribution is 2.23. The van der Waals surface area contributed by atoms with Crippen molar-refractivity contribution in [1.29, 1.82) is 0 Å². The van der Waals surface area contributed by atoms with Crippen LogP contribution < -0.4 is 5.32 Å². The second-order valence-electron chi connectivity index (χ2n) is 6.34. The van der Waals surface area contributed by atoms with Crippen molar-refractivity contribution in [3.8, 4) is 0 Å². The molecule has 136 valence electrons. The summed E-state index contributed by atoms with van der Waals surface area (Å²) in [6, 6.07) is 1.76. The van der Waals surface area contributed by atoms with E-state index < -0.39 is 26.2 Å². The molecule has 2 aromatic rings. The number of aryl methyl sites for hydroxylation is 2. The molecule has 0 aliphatic carbocycles. The molecule has 1 atom stereocenters. The number of amides is 1. The van der Waals surface area contributed by atoms with E-state index in [9.17, 15) is 13.2 Å². The summed E-state index contributed by atoms with van der Waals surface area (Å²) in [5.74, 6) is -0.547. The molecular weight excluding hydrogens is 344 g/mol. The molecule has 8 nitrogen and oxygen atoms in total. The van der Waals surface area contributed by atoms with Crippen molar-refractivity contribution in [3.63, 3.8) is 0 Å². The Morgan fingerprint density at radius 1 is 1.40 bits per heavy atom. The molecule has 1 aliphatic rings.